The van der Waals surface area contributed by atoms with Crippen LogP contribution in [-0.4, -0.2) is 36.9 Å². The number of carbonyl (C=O) groups is 1. The summed E-state index contributed by atoms with van der Waals surface area (Å²) >= 11 is 0. The molecule has 5 heteroatoms. The monoisotopic (exact) mass is 230 g/mol. The third-order valence-electron chi connectivity index (χ3n) is 2.95. The predicted octanol–water partition coefficient (Wildman–Crippen LogP) is 1.06. The summed E-state index contributed by atoms with van der Waals surface area (Å²) in [5, 5.41) is 0. The molecule has 2 aliphatic heterocycles. The van der Waals surface area contributed by atoms with Crippen LogP contribution in [0.1, 0.15) is 27.7 Å². The molecule has 0 spiro atoms. The van der Waals surface area contributed by atoms with Crippen LogP contribution in [0.2, 0.25) is 0 Å². The second-order valence-corrected chi connectivity index (χ2v) is 4.80. The highest BCUT2D eigenvalue weighted by molar-refractivity contribution is 5.65. The minimum absolute atomic E-state index is 0.0736. The van der Waals surface area contributed by atoms with Crippen molar-refractivity contribution in [2.45, 2.75) is 52.0 Å². The molecule has 4 atom stereocenters. The maximum absolute atomic E-state index is 10.7. The normalized spacial score (nSPS) is 40.8. The lowest BCUT2D eigenvalue weighted by Gasteiger charge is -2.23. The summed E-state index contributed by atoms with van der Waals surface area (Å²) in [4.78, 5) is 10.7. The highest BCUT2D eigenvalue weighted by Crippen LogP contribution is 2.40. The van der Waals surface area contributed by atoms with E-state index in [9.17, 15) is 4.79 Å². The van der Waals surface area contributed by atoms with Gasteiger partial charge in [0.25, 0.3) is 0 Å². The molecule has 0 aromatic heterocycles. The van der Waals surface area contributed by atoms with E-state index in [1.54, 1.807) is 0 Å². The highest BCUT2D eigenvalue weighted by Gasteiger charge is 2.52. The van der Waals surface area contributed by atoms with Gasteiger partial charge in [-0.15, -0.1) is 0 Å². The lowest BCUT2D eigenvalue weighted by molar-refractivity contribution is -0.214. The van der Waals surface area contributed by atoms with Crippen molar-refractivity contribution >= 4 is 5.97 Å². The maximum atomic E-state index is 10.7. The summed E-state index contributed by atoms with van der Waals surface area (Å²) in [5.41, 5.74) is 0. The van der Waals surface area contributed by atoms with Crippen molar-refractivity contribution in [2.24, 2.45) is 5.92 Å². The van der Waals surface area contributed by atoms with E-state index in [4.69, 9.17) is 18.9 Å². The molecule has 92 valence electrons. The molecule has 0 radical (unpaired) electrons. The van der Waals surface area contributed by atoms with E-state index < -0.39 is 5.79 Å². The Hall–Kier alpha value is -0.650. The molecule has 0 saturated carbocycles. The lowest BCUT2D eigenvalue weighted by Crippen LogP contribution is -2.31. The first-order valence-electron chi connectivity index (χ1n) is 5.53. The molecule has 0 amide bonds. The van der Waals surface area contributed by atoms with E-state index >= 15 is 0 Å². The van der Waals surface area contributed by atoms with Crippen molar-refractivity contribution in [3.63, 3.8) is 0 Å². The number of hydrogen-bond acceptors (Lipinski definition) is 5. The Morgan fingerprint density at radius 1 is 1.38 bits per heavy atom. The van der Waals surface area contributed by atoms with Crippen LogP contribution < -0.4 is 0 Å². The predicted molar refractivity (Wildman–Crippen MR) is 54.5 cm³/mol. The van der Waals surface area contributed by atoms with Crippen LogP contribution >= 0.6 is 0 Å². The minimum atomic E-state index is -0.587. The van der Waals surface area contributed by atoms with Crippen LogP contribution in [0.4, 0.5) is 0 Å². The third-order valence-corrected chi connectivity index (χ3v) is 2.95. The van der Waals surface area contributed by atoms with Crippen LogP contribution in [0.5, 0.6) is 0 Å². The quantitative estimate of drug-likeness (QED) is 0.664. The zero-order valence-corrected chi connectivity index (χ0v) is 10.1. The van der Waals surface area contributed by atoms with Gasteiger partial charge in [0.2, 0.25) is 0 Å². The summed E-state index contributed by atoms with van der Waals surface area (Å²) in [6, 6.07) is 0. The molecule has 2 rings (SSSR count). The van der Waals surface area contributed by atoms with Gasteiger partial charge in [0.05, 0.1) is 0 Å². The van der Waals surface area contributed by atoms with Crippen LogP contribution in [0, 0.1) is 5.92 Å². The van der Waals surface area contributed by atoms with Crippen molar-refractivity contribution in [3.8, 4) is 0 Å². The van der Waals surface area contributed by atoms with Gasteiger partial charge in [-0.3, -0.25) is 4.79 Å². The Morgan fingerprint density at radius 3 is 2.62 bits per heavy atom. The maximum Gasteiger partial charge on any atom is 0.302 e. The standard InChI is InChI=1S/C11H18O5/c1-6-8(5-13-7(2)12)14-10-9(6)15-11(3,4)16-10/h6,8-10H,5H2,1-4H3/t6-,8-,9?,10-/m1/s1. The average molecular weight is 230 g/mol. The smallest absolute Gasteiger partial charge is 0.302 e. The largest absolute Gasteiger partial charge is 0.463 e. The number of ether oxygens (including phenoxy) is 4. The number of carbonyl (C=O) groups excluding carboxylic acids is 1. The first-order valence-corrected chi connectivity index (χ1v) is 5.53. The Balaban J connectivity index is 1.92. The summed E-state index contributed by atoms with van der Waals surface area (Å²) < 4.78 is 21.9. The van der Waals surface area contributed by atoms with Gasteiger partial charge in [0.15, 0.2) is 12.1 Å². The zero-order valence-electron chi connectivity index (χ0n) is 10.1. The molecule has 2 fully saturated rings. The fraction of sp³-hybridized carbons (Fsp3) is 0.909. The van der Waals surface area contributed by atoms with Gasteiger partial charge in [-0.25, -0.2) is 0 Å². The van der Waals surface area contributed by atoms with Gasteiger partial charge in [0.1, 0.15) is 18.8 Å². The first-order chi connectivity index (χ1) is 7.39. The molecule has 2 heterocycles. The van der Waals surface area contributed by atoms with E-state index in [0.717, 1.165) is 0 Å². The molecule has 0 aromatic rings. The molecular weight excluding hydrogens is 212 g/mol. The Kier molecular flexibility index (Phi) is 2.94. The van der Waals surface area contributed by atoms with Gasteiger partial charge in [-0.2, -0.15) is 0 Å². The molecule has 0 aliphatic carbocycles. The summed E-state index contributed by atoms with van der Waals surface area (Å²) in [6.45, 7) is 7.39. The van der Waals surface area contributed by atoms with E-state index in [1.165, 1.54) is 6.92 Å². The van der Waals surface area contributed by atoms with Crippen LogP contribution in [0.25, 0.3) is 0 Å². The van der Waals surface area contributed by atoms with Crippen LogP contribution in [-0.2, 0) is 23.7 Å². The number of rotatable bonds is 2. The Labute approximate surface area is 95.0 Å². The Morgan fingerprint density at radius 2 is 2.06 bits per heavy atom. The van der Waals surface area contributed by atoms with Crippen molar-refractivity contribution in [1.29, 1.82) is 0 Å². The van der Waals surface area contributed by atoms with Crippen LogP contribution in [0.3, 0.4) is 0 Å². The van der Waals surface area contributed by atoms with Crippen molar-refractivity contribution < 1.29 is 23.7 Å². The van der Waals surface area contributed by atoms with Gasteiger partial charge < -0.3 is 18.9 Å². The van der Waals surface area contributed by atoms with Gasteiger partial charge in [-0.1, -0.05) is 6.92 Å². The SMILES string of the molecule is CC(=O)OC[C@H]1O[C@@H]2OC(C)(C)OC2[C@@H]1C. The number of hydrogen-bond donors (Lipinski definition) is 0. The topological polar surface area (TPSA) is 54.0 Å². The third kappa shape index (κ3) is 2.21. The second-order valence-electron chi connectivity index (χ2n) is 4.80. The summed E-state index contributed by atoms with van der Waals surface area (Å²) in [7, 11) is 0. The zero-order chi connectivity index (χ0) is 11.9. The molecule has 2 aliphatic rings. The van der Waals surface area contributed by atoms with Gasteiger partial charge in [-0.05, 0) is 13.8 Å². The molecule has 0 N–H and O–H groups in total. The fourth-order valence-electron chi connectivity index (χ4n) is 2.12. The van der Waals surface area contributed by atoms with Crippen molar-refractivity contribution in [2.75, 3.05) is 6.61 Å². The van der Waals surface area contributed by atoms with E-state index in [-0.39, 0.29) is 37.0 Å². The minimum Gasteiger partial charge on any atom is -0.463 e. The van der Waals surface area contributed by atoms with Gasteiger partial charge in [0, 0.05) is 12.8 Å². The fourth-order valence-corrected chi connectivity index (χ4v) is 2.12. The summed E-state index contributed by atoms with van der Waals surface area (Å²) in [6.07, 6.45) is -0.559. The molecule has 16 heavy (non-hydrogen) atoms. The number of fused-ring (bicyclic) bond motifs is 1. The number of esters is 1. The molecule has 0 bridgehead atoms. The van der Waals surface area contributed by atoms with E-state index in [0.29, 0.717) is 0 Å². The van der Waals surface area contributed by atoms with E-state index in [2.05, 4.69) is 0 Å². The molecule has 5 nitrogen and oxygen atoms in total. The Bertz CT molecular complexity index is 288. The van der Waals surface area contributed by atoms with Crippen molar-refractivity contribution in [3.05, 3.63) is 0 Å². The molecule has 0 aromatic carbocycles. The molecule has 1 unspecified atom stereocenters. The highest BCUT2D eigenvalue weighted by atomic mass is 16.8. The lowest BCUT2D eigenvalue weighted by atomic mass is 10.0. The molecular formula is C11H18O5. The summed E-state index contributed by atoms with van der Waals surface area (Å²) in [5.74, 6) is -0.725. The average Bonchev–Trinajstić information content (AvgIpc) is 2.58. The molecule has 2 saturated heterocycles. The second kappa shape index (κ2) is 3.98. The van der Waals surface area contributed by atoms with E-state index in [1.807, 2.05) is 20.8 Å². The van der Waals surface area contributed by atoms with Gasteiger partial charge >= 0.3 is 5.97 Å². The van der Waals surface area contributed by atoms with Crippen LogP contribution in [0.15, 0.2) is 0 Å². The first kappa shape index (κ1) is 11.8. The van der Waals surface area contributed by atoms with Crippen molar-refractivity contribution in [1.82, 2.24) is 0 Å².